The summed E-state index contributed by atoms with van der Waals surface area (Å²) in [6.07, 6.45) is 4.08. The monoisotopic (exact) mass is 293 g/mol. The molecule has 1 saturated carbocycles. The summed E-state index contributed by atoms with van der Waals surface area (Å²) in [4.78, 5) is 0. The summed E-state index contributed by atoms with van der Waals surface area (Å²) in [5, 5.41) is 3.80. The van der Waals surface area contributed by atoms with Gasteiger partial charge >= 0.3 is 0 Å². The summed E-state index contributed by atoms with van der Waals surface area (Å²) in [7, 11) is 0. The van der Waals surface area contributed by atoms with Crippen LogP contribution in [0.5, 0.6) is 0 Å². The van der Waals surface area contributed by atoms with Gasteiger partial charge in [0.2, 0.25) is 0 Å². The first-order valence-electron chi connectivity index (χ1n) is 8.38. The Labute approximate surface area is 132 Å². The van der Waals surface area contributed by atoms with Gasteiger partial charge in [0, 0.05) is 18.5 Å². The lowest BCUT2D eigenvalue weighted by Gasteiger charge is -2.42. The molecule has 2 heteroatoms. The zero-order chi connectivity index (χ0) is 14.8. The highest BCUT2D eigenvalue weighted by Crippen LogP contribution is 2.40. The van der Waals surface area contributed by atoms with Crippen molar-refractivity contribution in [1.29, 1.82) is 0 Å². The van der Waals surface area contributed by atoms with Gasteiger partial charge in [0.05, 0.1) is 12.7 Å². The van der Waals surface area contributed by atoms with Crippen LogP contribution in [0.3, 0.4) is 0 Å². The SMILES string of the molecule is c1ccc(CN[C@@H]2CCC[C@H]3OCc4ccccc4[C@@H]23)cc1. The van der Waals surface area contributed by atoms with Crippen LogP contribution in [0.1, 0.15) is 41.9 Å². The summed E-state index contributed by atoms with van der Waals surface area (Å²) < 4.78 is 6.15. The molecule has 3 atom stereocenters. The van der Waals surface area contributed by atoms with Gasteiger partial charge in [-0.15, -0.1) is 0 Å². The largest absolute Gasteiger partial charge is 0.373 e. The van der Waals surface area contributed by atoms with E-state index in [0.29, 0.717) is 18.1 Å². The number of benzene rings is 2. The number of hydrogen-bond donors (Lipinski definition) is 1. The van der Waals surface area contributed by atoms with Crippen molar-refractivity contribution >= 4 is 0 Å². The van der Waals surface area contributed by atoms with E-state index in [-0.39, 0.29) is 0 Å². The minimum absolute atomic E-state index is 0.386. The van der Waals surface area contributed by atoms with E-state index in [1.165, 1.54) is 36.0 Å². The number of rotatable bonds is 3. The third-order valence-corrected chi connectivity index (χ3v) is 5.12. The van der Waals surface area contributed by atoms with Gasteiger partial charge in [-0.1, -0.05) is 54.6 Å². The van der Waals surface area contributed by atoms with Gasteiger partial charge in [0.1, 0.15) is 0 Å². The van der Waals surface area contributed by atoms with Crippen LogP contribution < -0.4 is 5.32 Å². The molecule has 2 nitrogen and oxygen atoms in total. The fourth-order valence-electron chi connectivity index (χ4n) is 4.02. The van der Waals surface area contributed by atoms with E-state index >= 15 is 0 Å². The first-order chi connectivity index (χ1) is 10.9. The highest BCUT2D eigenvalue weighted by Gasteiger charge is 2.38. The maximum Gasteiger partial charge on any atom is 0.0723 e. The lowest BCUT2D eigenvalue weighted by Crippen LogP contribution is -2.46. The van der Waals surface area contributed by atoms with Crippen molar-refractivity contribution < 1.29 is 4.74 Å². The first kappa shape index (κ1) is 14.0. The van der Waals surface area contributed by atoms with Crippen LogP contribution >= 0.6 is 0 Å². The molecule has 1 heterocycles. The van der Waals surface area contributed by atoms with Gasteiger partial charge in [0.25, 0.3) is 0 Å². The Morgan fingerprint density at radius 2 is 1.77 bits per heavy atom. The van der Waals surface area contributed by atoms with Crippen molar-refractivity contribution in [3.05, 3.63) is 71.3 Å². The Morgan fingerprint density at radius 3 is 2.68 bits per heavy atom. The Kier molecular flexibility index (Phi) is 3.96. The predicted octanol–water partition coefficient (Wildman–Crippen LogP) is 4.01. The van der Waals surface area contributed by atoms with E-state index in [9.17, 15) is 0 Å². The molecule has 2 aromatic carbocycles. The van der Waals surface area contributed by atoms with Gasteiger partial charge < -0.3 is 10.1 Å². The summed E-state index contributed by atoms with van der Waals surface area (Å²) in [6, 6.07) is 20.0. The molecule has 0 unspecified atom stereocenters. The Bertz CT molecular complexity index is 625. The van der Waals surface area contributed by atoms with Crippen molar-refractivity contribution in [3.8, 4) is 0 Å². The van der Waals surface area contributed by atoms with Crippen molar-refractivity contribution in [2.24, 2.45) is 0 Å². The molecule has 0 saturated heterocycles. The molecule has 0 amide bonds. The standard InChI is InChI=1S/C20H23NO/c1-2-7-15(8-3-1)13-21-18-11-6-12-19-20(18)17-10-5-4-9-16(17)14-22-19/h1-5,7-10,18-21H,6,11-14H2/t18-,19-,20+/m1/s1. The summed E-state index contributed by atoms with van der Waals surface area (Å²) in [5.41, 5.74) is 4.23. The molecular weight excluding hydrogens is 270 g/mol. The van der Waals surface area contributed by atoms with Gasteiger partial charge in [0.15, 0.2) is 0 Å². The van der Waals surface area contributed by atoms with Crippen LogP contribution in [-0.2, 0) is 17.9 Å². The molecule has 22 heavy (non-hydrogen) atoms. The quantitative estimate of drug-likeness (QED) is 0.923. The van der Waals surface area contributed by atoms with Gasteiger partial charge in [-0.05, 0) is 36.0 Å². The Balaban J connectivity index is 1.55. The molecule has 0 aromatic heterocycles. The van der Waals surface area contributed by atoms with Crippen molar-refractivity contribution in [1.82, 2.24) is 5.32 Å². The van der Waals surface area contributed by atoms with Gasteiger partial charge in [-0.3, -0.25) is 0 Å². The number of fused-ring (bicyclic) bond motifs is 3. The van der Waals surface area contributed by atoms with Crippen LogP contribution in [0.15, 0.2) is 54.6 Å². The molecule has 0 spiro atoms. The molecule has 0 radical (unpaired) electrons. The second-order valence-corrected chi connectivity index (χ2v) is 6.48. The lowest BCUT2D eigenvalue weighted by atomic mass is 9.75. The van der Waals surface area contributed by atoms with E-state index in [1.807, 2.05) is 0 Å². The third-order valence-electron chi connectivity index (χ3n) is 5.12. The normalized spacial score (nSPS) is 27.0. The van der Waals surface area contributed by atoms with Crippen LogP contribution in [0.2, 0.25) is 0 Å². The molecular formula is C20H23NO. The average molecular weight is 293 g/mol. The van der Waals surface area contributed by atoms with Gasteiger partial charge in [-0.25, -0.2) is 0 Å². The molecule has 0 bridgehead atoms. The Morgan fingerprint density at radius 1 is 0.955 bits per heavy atom. The van der Waals surface area contributed by atoms with Crippen LogP contribution in [-0.4, -0.2) is 12.1 Å². The van der Waals surface area contributed by atoms with E-state index in [1.54, 1.807) is 0 Å². The number of hydrogen-bond acceptors (Lipinski definition) is 2. The zero-order valence-electron chi connectivity index (χ0n) is 12.9. The van der Waals surface area contributed by atoms with Crippen molar-refractivity contribution in [3.63, 3.8) is 0 Å². The molecule has 2 aromatic rings. The Hall–Kier alpha value is -1.64. The van der Waals surface area contributed by atoms with Crippen molar-refractivity contribution in [2.75, 3.05) is 0 Å². The minimum Gasteiger partial charge on any atom is -0.373 e. The fourth-order valence-corrected chi connectivity index (χ4v) is 4.02. The molecule has 4 rings (SSSR count). The van der Waals surface area contributed by atoms with Gasteiger partial charge in [-0.2, -0.15) is 0 Å². The second kappa shape index (κ2) is 6.23. The zero-order valence-corrected chi connectivity index (χ0v) is 12.9. The number of nitrogens with one attached hydrogen (secondary N) is 1. The fraction of sp³-hybridized carbons (Fsp3) is 0.400. The molecule has 1 aliphatic carbocycles. The van der Waals surface area contributed by atoms with E-state index in [4.69, 9.17) is 4.74 Å². The highest BCUT2D eigenvalue weighted by molar-refractivity contribution is 5.34. The predicted molar refractivity (Wildman–Crippen MR) is 88.7 cm³/mol. The lowest BCUT2D eigenvalue weighted by molar-refractivity contribution is -0.0220. The summed E-state index contributed by atoms with van der Waals surface area (Å²) >= 11 is 0. The van der Waals surface area contributed by atoms with Crippen LogP contribution in [0.4, 0.5) is 0 Å². The summed E-state index contributed by atoms with van der Waals surface area (Å²) in [6.45, 7) is 1.72. The smallest absolute Gasteiger partial charge is 0.0723 e. The first-order valence-corrected chi connectivity index (χ1v) is 8.38. The summed E-state index contributed by atoms with van der Waals surface area (Å²) in [5.74, 6) is 0.502. The van der Waals surface area contributed by atoms with E-state index in [0.717, 1.165) is 13.2 Å². The molecule has 1 N–H and O–H groups in total. The topological polar surface area (TPSA) is 21.3 Å². The molecule has 1 aliphatic heterocycles. The molecule has 114 valence electrons. The van der Waals surface area contributed by atoms with Crippen molar-refractivity contribution in [2.45, 2.75) is 50.5 Å². The van der Waals surface area contributed by atoms with Crippen LogP contribution in [0.25, 0.3) is 0 Å². The maximum atomic E-state index is 6.15. The van der Waals surface area contributed by atoms with Crippen LogP contribution in [0, 0.1) is 0 Å². The highest BCUT2D eigenvalue weighted by atomic mass is 16.5. The minimum atomic E-state index is 0.386. The number of ether oxygens (including phenoxy) is 1. The molecule has 1 fully saturated rings. The third kappa shape index (κ3) is 2.69. The van der Waals surface area contributed by atoms with E-state index in [2.05, 4.69) is 59.9 Å². The molecule has 2 aliphatic rings. The van der Waals surface area contributed by atoms with E-state index < -0.39 is 0 Å². The second-order valence-electron chi connectivity index (χ2n) is 6.48. The maximum absolute atomic E-state index is 6.15. The average Bonchev–Trinajstić information content (AvgIpc) is 2.60.